The summed E-state index contributed by atoms with van der Waals surface area (Å²) in [4.78, 5) is 23.0. The van der Waals surface area contributed by atoms with Crippen molar-refractivity contribution >= 4 is 23.5 Å². The number of hydrogen-bond acceptors (Lipinski definition) is 3. The lowest BCUT2D eigenvalue weighted by atomic mass is 10.1. The fraction of sp³-hybridized carbons (Fsp3) is 0.333. The van der Waals surface area contributed by atoms with Crippen LogP contribution in [0, 0.1) is 0 Å². The van der Waals surface area contributed by atoms with E-state index >= 15 is 0 Å². The molecule has 0 aliphatic heterocycles. The van der Waals surface area contributed by atoms with E-state index in [-0.39, 0.29) is 0 Å². The van der Waals surface area contributed by atoms with Crippen molar-refractivity contribution in [2.45, 2.75) is 24.4 Å². The van der Waals surface area contributed by atoms with Crippen molar-refractivity contribution < 1.29 is 14.7 Å². The Morgan fingerprint density at radius 2 is 2.00 bits per heavy atom. The number of carboxylic acids is 1. The van der Waals surface area contributed by atoms with Gasteiger partial charge in [-0.1, -0.05) is 29.8 Å². The maximum atomic E-state index is 11.8. The summed E-state index contributed by atoms with van der Waals surface area (Å²) < 4.78 is 0. The minimum absolute atomic E-state index is 0.298. The van der Waals surface area contributed by atoms with Crippen LogP contribution in [0.15, 0.2) is 24.3 Å². The Hall–Kier alpha value is -1.59. The van der Waals surface area contributed by atoms with Gasteiger partial charge in [0, 0.05) is 10.6 Å². The van der Waals surface area contributed by atoms with Crippen LogP contribution in [0.4, 0.5) is 0 Å². The van der Waals surface area contributed by atoms with E-state index in [0.29, 0.717) is 23.4 Å². The van der Waals surface area contributed by atoms with Gasteiger partial charge in [-0.05, 0) is 18.9 Å². The fourth-order valence-electron chi connectivity index (χ4n) is 1.62. The summed E-state index contributed by atoms with van der Waals surface area (Å²) in [6.07, 6.45) is 1.15. The van der Waals surface area contributed by atoms with E-state index in [1.165, 1.54) is 0 Å². The van der Waals surface area contributed by atoms with Crippen molar-refractivity contribution in [3.63, 3.8) is 0 Å². The lowest BCUT2D eigenvalue weighted by Crippen LogP contribution is -2.46. The summed E-state index contributed by atoms with van der Waals surface area (Å²) in [6.45, 7) is 0. The maximum Gasteiger partial charge on any atom is 0.330 e. The minimum atomic E-state index is -1.17. The Morgan fingerprint density at radius 1 is 1.39 bits per heavy atom. The van der Waals surface area contributed by atoms with Crippen molar-refractivity contribution in [3.05, 3.63) is 34.9 Å². The van der Waals surface area contributed by atoms with E-state index in [9.17, 15) is 14.7 Å². The summed E-state index contributed by atoms with van der Waals surface area (Å²) in [5.74, 6) is -1.62. The normalized spacial score (nSPS) is 17.9. The summed E-state index contributed by atoms with van der Waals surface area (Å²) in [5, 5.41) is 11.9. The average Bonchev–Trinajstić information content (AvgIpc) is 3.06. The molecule has 96 valence electrons. The molecule has 1 fully saturated rings. The van der Waals surface area contributed by atoms with Gasteiger partial charge in [-0.3, -0.25) is 4.79 Å². The van der Waals surface area contributed by atoms with Gasteiger partial charge in [0.05, 0.1) is 5.54 Å². The van der Waals surface area contributed by atoms with Gasteiger partial charge in [0.15, 0.2) is 6.04 Å². The van der Waals surface area contributed by atoms with Gasteiger partial charge in [-0.15, -0.1) is 0 Å². The Labute approximate surface area is 109 Å². The van der Waals surface area contributed by atoms with Gasteiger partial charge in [-0.25, -0.2) is 4.79 Å². The van der Waals surface area contributed by atoms with Crippen LogP contribution in [0.3, 0.4) is 0 Å². The second kappa shape index (κ2) is 4.59. The minimum Gasteiger partial charge on any atom is -0.479 e. The quantitative estimate of drug-likeness (QED) is 0.762. The largest absolute Gasteiger partial charge is 0.479 e. The Kier molecular flexibility index (Phi) is 3.28. The molecule has 1 amide bonds. The van der Waals surface area contributed by atoms with E-state index < -0.39 is 23.5 Å². The number of halogens is 1. The Balaban J connectivity index is 2.22. The third kappa shape index (κ3) is 2.47. The zero-order valence-electron chi connectivity index (χ0n) is 9.52. The molecule has 1 aliphatic rings. The maximum absolute atomic E-state index is 11.8. The highest BCUT2D eigenvalue weighted by Crippen LogP contribution is 2.33. The van der Waals surface area contributed by atoms with Crippen LogP contribution < -0.4 is 11.1 Å². The van der Waals surface area contributed by atoms with E-state index in [2.05, 4.69) is 5.32 Å². The van der Waals surface area contributed by atoms with Crippen molar-refractivity contribution in [1.29, 1.82) is 0 Å². The molecule has 0 aromatic heterocycles. The molecule has 0 saturated heterocycles. The van der Waals surface area contributed by atoms with E-state index in [1.54, 1.807) is 24.3 Å². The van der Waals surface area contributed by atoms with Crippen molar-refractivity contribution in [1.82, 2.24) is 5.32 Å². The number of amides is 1. The molecule has 18 heavy (non-hydrogen) atoms. The summed E-state index contributed by atoms with van der Waals surface area (Å²) in [5.41, 5.74) is 5.16. The molecule has 6 heteroatoms. The van der Waals surface area contributed by atoms with Crippen LogP contribution in [0.25, 0.3) is 0 Å². The number of hydrogen-bond donors (Lipinski definition) is 3. The molecule has 0 radical (unpaired) electrons. The number of nitrogens with two attached hydrogens (primary N) is 1. The molecule has 5 nitrogen and oxygen atoms in total. The van der Waals surface area contributed by atoms with Gasteiger partial charge < -0.3 is 16.2 Å². The third-order valence-corrected chi connectivity index (χ3v) is 3.32. The van der Waals surface area contributed by atoms with Gasteiger partial charge >= 0.3 is 5.97 Å². The molecule has 2 rings (SSSR count). The van der Waals surface area contributed by atoms with Crippen LogP contribution in [0.2, 0.25) is 5.02 Å². The van der Waals surface area contributed by atoms with Crippen LogP contribution in [0.1, 0.15) is 24.4 Å². The molecular formula is C12H13ClN2O3. The topological polar surface area (TPSA) is 92.4 Å². The SMILES string of the molecule is NC1(C(=O)N[C@@H](C(=O)O)c2ccccc2Cl)CC1. The lowest BCUT2D eigenvalue weighted by molar-refractivity contribution is -0.142. The van der Waals surface area contributed by atoms with Crippen LogP contribution >= 0.6 is 11.6 Å². The van der Waals surface area contributed by atoms with E-state index in [1.807, 2.05) is 0 Å². The van der Waals surface area contributed by atoms with Crippen molar-refractivity contribution in [2.75, 3.05) is 0 Å². The number of aliphatic carboxylic acids is 1. The van der Waals surface area contributed by atoms with Gasteiger partial charge in [0.1, 0.15) is 0 Å². The number of carbonyl (C=O) groups excluding carboxylic acids is 1. The third-order valence-electron chi connectivity index (χ3n) is 2.98. The first-order valence-corrected chi connectivity index (χ1v) is 5.89. The molecule has 1 aromatic rings. The Morgan fingerprint density at radius 3 is 2.50 bits per heavy atom. The highest BCUT2D eigenvalue weighted by Gasteiger charge is 2.47. The van der Waals surface area contributed by atoms with Crippen LogP contribution in [-0.4, -0.2) is 22.5 Å². The predicted octanol–water partition coefficient (Wildman–Crippen LogP) is 1.07. The first-order chi connectivity index (χ1) is 8.44. The number of rotatable bonds is 4. The molecule has 1 saturated carbocycles. The summed E-state index contributed by atoms with van der Waals surface area (Å²) in [6, 6.07) is 5.33. The molecule has 0 bridgehead atoms. The van der Waals surface area contributed by atoms with E-state index in [0.717, 1.165) is 0 Å². The summed E-state index contributed by atoms with van der Waals surface area (Å²) in [7, 11) is 0. The van der Waals surface area contributed by atoms with Crippen LogP contribution in [-0.2, 0) is 9.59 Å². The highest BCUT2D eigenvalue weighted by atomic mass is 35.5. The monoisotopic (exact) mass is 268 g/mol. The highest BCUT2D eigenvalue weighted by molar-refractivity contribution is 6.31. The van der Waals surface area contributed by atoms with Crippen molar-refractivity contribution in [2.24, 2.45) is 5.73 Å². The number of carboxylic acid groups (broad SMARTS) is 1. The van der Waals surface area contributed by atoms with Gasteiger partial charge in [0.25, 0.3) is 0 Å². The van der Waals surface area contributed by atoms with E-state index in [4.69, 9.17) is 17.3 Å². The number of carbonyl (C=O) groups is 2. The molecule has 1 atom stereocenters. The standard InChI is InChI=1S/C12H13ClN2O3/c13-8-4-2-1-3-7(8)9(10(16)17)15-11(18)12(14)5-6-12/h1-4,9H,5-6,14H2,(H,15,18)(H,16,17)/t9-/m1/s1. The molecule has 0 unspecified atom stereocenters. The number of benzene rings is 1. The predicted molar refractivity (Wildman–Crippen MR) is 66.1 cm³/mol. The zero-order valence-corrected chi connectivity index (χ0v) is 10.3. The first kappa shape index (κ1) is 12.9. The van der Waals surface area contributed by atoms with Gasteiger partial charge in [-0.2, -0.15) is 0 Å². The number of nitrogens with one attached hydrogen (secondary N) is 1. The second-order valence-corrected chi connectivity index (χ2v) is 4.83. The molecule has 4 N–H and O–H groups in total. The van der Waals surface area contributed by atoms with Crippen LogP contribution in [0.5, 0.6) is 0 Å². The zero-order chi connectivity index (χ0) is 13.3. The summed E-state index contributed by atoms with van der Waals surface area (Å²) >= 11 is 5.93. The molecule has 1 aromatic carbocycles. The van der Waals surface area contributed by atoms with Crippen molar-refractivity contribution in [3.8, 4) is 0 Å². The molecule has 0 heterocycles. The Bertz CT molecular complexity index is 500. The molecule has 1 aliphatic carbocycles. The lowest BCUT2D eigenvalue weighted by Gasteiger charge is -2.18. The molecular weight excluding hydrogens is 256 g/mol. The van der Waals surface area contributed by atoms with Gasteiger partial charge in [0.2, 0.25) is 5.91 Å². The fourth-order valence-corrected chi connectivity index (χ4v) is 1.86. The molecule has 0 spiro atoms. The average molecular weight is 269 g/mol. The first-order valence-electron chi connectivity index (χ1n) is 5.51. The smallest absolute Gasteiger partial charge is 0.330 e. The second-order valence-electron chi connectivity index (χ2n) is 4.42.